The molecule has 1 atom stereocenters. The second-order valence-corrected chi connectivity index (χ2v) is 7.69. The van der Waals surface area contributed by atoms with E-state index >= 15 is 0 Å². The number of benzene rings is 1. The molecule has 1 aromatic carbocycles. The number of likely N-dealkylation sites (tertiary alicyclic amines) is 1. The Hall–Kier alpha value is -1.79. The van der Waals surface area contributed by atoms with E-state index in [9.17, 15) is 0 Å². The van der Waals surface area contributed by atoms with Gasteiger partial charge >= 0.3 is 0 Å². The summed E-state index contributed by atoms with van der Waals surface area (Å²) >= 11 is 0. The zero-order valence-electron chi connectivity index (χ0n) is 18.2. The first-order valence-electron chi connectivity index (χ1n) is 10.7. The maximum absolute atomic E-state index is 5.33. The van der Waals surface area contributed by atoms with Crippen LogP contribution in [0.15, 0.2) is 29.3 Å². The summed E-state index contributed by atoms with van der Waals surface area (Å²) < 4.78 is 5.33. The number of ether oxygens (including phenoxy) is 1. The normalized spacial score (nSPS) is 16.8. The summed E-state index contributed by atoms with van der Waals surface area (Å²) in [5, 5.41) is 6.86. The van der Waals surface area contributed by atoms with Crippen molar-refractivity contribution in [2.45, 2.75) is 38.6 Å². The van der Waals surface area contributed by atoms with E-state index < -0.39 is 0 Å². The molecule has 0 aliphatic carbocycles. The maximum Gasteiger partial charge on any atom is 0.191 e. The molecule has 0 amide bonds. The summed E-state index contributed by atoms with van der Waals surface area (Å²) in [6.45, 7) is 8.06. The molecule has 0 saturated carbocycles. The minimum Gasteiger partial charge on any atom is -0.497 e. The van der Waals surface area contributed by atoms with Gasteiger partial charge in [0.15, 0.2) is 5.96 Å². The monoisotopic (exact) mass is 389 g/mol. The number of nitrogens with one attached hydrogen (secondary N) is 2. The van der Waals surface area contributed by atoms with E-state index in [1.54, 1.807) is 7.11 Å². The highest BCUT2D eigenvalue weighted by Gasteiger charge is 2.22. The van der Waals surface area contributed by atoms with Crippen molar-refractivity contribution in [3.05, 3.63) is 29.8 Å². The highest BCUT2D eigenvalue weighted by molar-refractivity contribution is 5.79. The summed E-state index contributed by atoms with van der Waals surface area (Å²) in [6.07, 6.45) is 5.00. The lowest BCUT2D eigenvalue weighted by molar-refractivity contribution is 0.167. The molecule has 1 aromatic rings. The second kappa shape index (κ2) is 12.6. The predicted molar refractivity (Wildman–Crippen MR) is 118 cm³/mol. The van der Waals surface area contributed by atoms with Gasteiger partial charge in [0.05, 0.1) is 19.7 Å². The molecule has 28 heavy (non-hydrogen) atoms. The zero-order valence-corrected chi connectivity index (χ0v) is 18.2. The quantitative estimate of drug-likeness (QED) is 0.366. The number of methoxy groups -OCH3 is 1. The topological polar surface area (TPSA) is 52.1 Å². The third-order valence-corrected chi connectivity index (χ3v) is 5.17. The lowest BCUT2D eigenvalue weighted by atomic mass is 10.0. The number of piperidine rings is 1. The Kier molecular flexibility index (Phi) is 10.1. The minimum atomic E-state index is 0.309. The van der Waals surface area contributed by atoms with Crippen LogP contribution in [-0.2, 0) is 0 Å². The average Bonchev–Trinajstić information content (AvgIpc) is 2.72. The van der Waals surface area contributed by atoms with Crippen molar-refractivity contribution in [2.75, 3.05) is 60.5 Å². The van der Waals surface area contributed by atoms with Gasteiger partial charge in [-0.15, -0.1) is 0 Å². The van der Waals surface area contributed by atoms with Crippen LogP contribution in [0, 0.1) is 0 Å². The van der Waals surface area contributed by atoms with Crippen LogP contribution in [0.4, 0.5) is 0 Å². The molecular weight excluding hydrogens is 350 g/mol. The van der Waals surface area contributed by atoms with Crippen molar-refractivity contribution >= 4 is 5.96 Å². The molecule has 1 fully saturated rings. The molecule has 2 N–H and O–H groups in total. The summed E-state index contributed by atoms with van der Waals surface area (Å²) in [6, 6.07) is 8.79. The first-order chi connectivity index (χ1) is 13.6. The van der Waals surface area contributed by atoms with Crippen molar-refractivity contribution in [3.8, 4) is 5.75 Å². The van der Waals surface area contributed by atoms with Crippen LogP contribution in [0.25, 0.3) is 0 Å². The minimum absolute atomic E-state index is 0.309. The van der Waals surface area contributed by atoms with Crippen molar-refractivity contribution in [3.63, 3.8) is 0 Å². The largest absolute Gasteiger partial charge is 0.497 e. The standard InChI is InChI=1S/C22H39N5O/c1-5-23-22(24-14-9-15-26(2)3)25-18-21(27-16-7-6-8-17-27)19-10-12-20(28-4)13-11-19/h10-13,21H,5-9,14-18H2,1-4H3,(H2,23,24,25). The average molecular weight is 390 g/mol. The summed E-state index contributed by atoms with van der Waals surface area (Å²) in [5.41, 5.74) is 1.31. The van der Waals surface area contributed by atoms with Gasteiger partial charge in [0.2, 0.25) is 0 Å². The third-order valence-electron chi connectivity index (χ3n) is 5.17. The third kappa shape index (κ3) is 7.68. The maximum atomic E-state index is 5.33. The van der Waals surface area contributed by atoms with E-state index in [1.807, 2.05) is 0 Å². The van der Waals surface area contributed by atoms with Crippen molar-refractivity contribution < 1.29 is 4.74 Å². The molecule has 158 valence electrons. The van der Waals surface area contributed by atoms with Crippen LogP contribution in [0.5, 0.6) is 5.75 Å². The second-order valence-electron chi connectivity index (χ2n) is 7.69. The lowest BCUT2D eigenvalue weighted by Gasteiger charge is -2.34. The van der Waals surface area contributed by atoms with E-state index in [4.69, 9.17) is 9.73 Å². The Labute approximate surface area is 171 Å². The Morgan fingerprint density at radius 3 is 2.46 bits per heavy atom. The Bertz CT molecular complexity index is 567. The van der Waals surface area contributed by atoms with Gasteiger partial charge in [0.25, 0.3) is 0 Å². The molecule has 1 saturated heterocycles. The van der Waals surface area contributed by atoms with Gasteiger partial charge in [-0.2, -0.15) is 0 Å². The van der Waals surface area contributed by atoms with Gasteiger partial charge in [-0.05, 0) is 77.6 Å². The van der Waals surface area contributed by atoms with E-state index in [0.717, 1.165) is 57.4 Å². The Balaban J connectivity index is 2.06. The van der Waals surface area contributed by atoms with Gasteiger partial charge in [0, 0.05) is 13.1 Å². The first-order valence-corrected chi connectivity index (χ1v) is 10.7. The molecule has 6 nitrogen and oxygen atoms in total. The van der Waals surface area contributed by atoms with E-state index in [2.05, 4.69) is 65.7 Å². The van der Waals surface area contributed by atoms with Gasteiger partial charge in [0.1, 0.15) is 5.75 Å². The number of hydrogen-bond donors (Lipinski definition) is 2. The fraction of sp³-hybridized carbons (Fsp3) is 0.682. The number of guanidine groups is 1. The SMILES string of the molecule is CCNC(=NCC(c1ccc(OC)cc1)N1CCCCC1)NCCCN(C)C. The molecular formula is C22H39N5O. The first kappa shape index (κ1) is 22.5. The van der Waals surface area contributed by atoms with E-state index in [0.29, 0.717) is 6.04 Å². The van der Waals surface area contributed by atoms with Gasteiger partial charge in [-0.25, -0.2) is 0 Å². The fourth-order valence-corrected chi connectivity index (χ4v) is 3.61. The van der Waals surface area contributed by atoms with Crippen LogP contribution < -0.4 is 15.4 Å². The highest BCUT2D eigenvalue weighted by Crippen LogP contribution is 2.26. The number of aliphatic imine (C=N–C) groups is 1. The molecule has 6 heteroatoms. The fourth-order valence-electron chi connectivity index (χ4n) is 3.61. The number of hydrogen-bond acceptors (Lipinski definition) is 4. The van der Waals surface area contributed by atoms with Gasteiger partial charge in [-0.3, -0.25) is 9.89 Å². The Morgan fingerprint density at radius 2 is 1.86 bits per heavy atom. The molecule has 1 heterocycles. The molecule has 0 bridgehead atoms. The van der Waals surface area contributed by atoms with E-state index in [1.165, 1.54) is 24.8 Å². The smallest absolute Gasteiger partial charge is 0.191 e. The highest BCUT2D eigenvalue weighted by atomic mass is 16.5. The van der Waals surface area contributed by atoms with E-state index in [-0.39, 0.29) is 0 Å². The summed E-state index contributed by atoms with van der Waals surface area (Å²) in [7, 11) is 5.93. The summed E-state index contributed by atoms with van der Waals surface area (Å²) in [5.74, 6) is 1.82. The van der Waals surface area contributed by atoms with Crippen LogP contribution in [0.2, 0.25) is 0 Å². The van der Waals surface area contributed by atoms with Gasteiger partial charge < -0.3 is 20.3 Å². The molecule has 1 aliphatic rings. The lowest BCUT2D eigenvalue weighted by Crippen LogP contribution is -2.40. The van der Waals surface area contributed by atoms with Gasteiger partial charge in [-0.1, -0.05) is 18.6 Å². The van der Waals surface area contributed by atoms with Crippen LogP contribution in [0.1, 0.15) is 44.2 Å². The van der Waals surface area contributed by atoms with Crippen molar-refractivity contribution in [1.29, 1.82) is 0 Å². The van der Waals surface area contributed by atoms with Crippen LogP contribution >= 0.6 is 0 Å². The molecule has 0 radical (unpaired) electrons. The predicted octanol–water partition coefficient (Wildman–Crippen LogP) is 2.73. The Morgan fingerprint density at radius 1 is 1.14 bits per heavy atom. The molecule has 0 aromatic heterocycles. The molecule has 0 spiro atoms. The number of rotatable bonds is 10. The molecule has 2 rings (SSSR count). The zero-order chi connectivity index (χ0) is 20.2. The number of nitrogens with zero attached hydrogens (tertiary/aromatic N) is 3. The van der Waals surface area contributed by atoms with Crippen LogP contribution in [-0.4, -0.2) is 76.2 Å². The molecule has 1 aliphatic heterocycles. The summed E-state index contributed by atoms with van der Waals surface area (Å²) in [4.78, 5) is 9.73. The van der Waals surface area contributed by atoms with Crippen LogP contribution in [0.3, 0.4) is 0 Å². The van der Waals surface area contributed by atoms with Crippen molar-refractivity contribution in [2.24, 2.45) is 4.99 Å². The molecule has 1 unspecified atom stereocenters. The van der Waals surface area contributed by atoms with Crippen molar-refractivity contribution in [1.82, 2.24) is 20.4 Å².